The summed E-state index contributed by atoms with van der Waals surface area (Å²) in [6, 6.07) is 4.83. The van der Waals surface area contributed by atoms with Gasteiger partial charge in [-0.1, -0.05) is 0 Å². The number of ether oxygens (including phenoxy) is 1. The largest absolute Gasteiger partial charge is 0.374 e. The van der Waals surface area contributed by atoms with Crippen LogP contribution in [0.3, 0.4) is 0 Å². The molecule has 1 saturated heterocycles. The van der Waals surface area contributed by atoms with Crippen molar-refractivity contribution in [2.24, 2.45) is 0 Å². The fraction of sp³-hybridized carbons (Fsp3) is 0.643. The van der Waals surface area contributed by atoms with E-state index in [9.17, 15) is 0 Å². The Morgan fingerprint density at radius 1 is 1.53 bits per heavy atom. The molecule has 4 nitrogen and oxygen atoms in total. The zero-order chi connectivity index (χ0) is 13.8. The normalized spacial score (nSPS) is 24.9. The number of hydrogen-bond donors (Lipinski definition) is 1. The number of halogens is 1. The van der Waals surface area contributed by atoms with Crippen LogP contribution in [0.15, 0.2) is 22.8 Å². The number of nitrogens with zero attached hydrogens (tertiary/aromatic N) is 2. The van der Waals surface area contributed by atoms with Gasteiger partial charge in [0.25, 0.3) is 0 Å². The summed E-state index contributed by atoms with van der Waals surface area (Å²) in [5.74, 6) is 0. The summed E-state index contributed by atoms with van der Waals surface area (Å²) in [7, 11) is 1.96. The van der Waals surface area contributed by atoms with Crippen LogP contribution in [0.5, 0.6) is 0 Å². The molecule has 5 heteroatoms. The zero-order valence-electron chi connectivity index (χ0n) is 11.8. The van der Waals surface area contributed by atoms with Crippen molar-refractivity contribution in [1.82, 2.24) is 15.2 Å². The molecule has 0 radical (unpaired) electrons. The van der Waals surface area contributed by atoms with E-state index in [-0.39, 0.29) is 12.1 Å². The standard InChI is InChI=1S/C14H22BrN3O/c1-10(2)18-6-7-19-13(9-16-3)14(18)12-5-4-11(15)8-17-12/h4-5,8,10,13-14,16H,6-7,9H2,1-3H3. The molecule has 0 spiro atoms. The molecule has 1 aromatic heterocycles. The third-order valence-corrected chi connectivity index (χ3v) is 3.98. The number of aromatic nitrogens is 1. The van der Waals surface area contributed by atoms with Gasteiger partial charge in [0.05, 0.1) is 24.4 Å². The van der Waals surface area contributed by atoms with Gasteiger partial charge in [0.15, 0.2) is 0 Å². The van der Waals surface area contributed by atoms with Crippen LogP contribution in [0, 0.1) is 0 Å². The quantitative estimate of drug-likeness (QED) is 0.920. The molecule has 19 heavy (non-hydrogen) atoms. The third-order valence-electron chi connectivity index (χ3n) is 3.51. The second-order valence-corrected chi connectivity index (χ2v) is 6.06. The Balaban J connectivity index is 2.28. The second kappa shape index (κ2) is 6.79. The number of pyridine rings is 1. The van der Waals surface area contributed by atoms with E-state index in [2.05, 4.69) is 51.0 Å². The molecule has 1 aliphatic heterocycles. The van der Waals surface area contributed by atoms with E-state index in [0.29, 0.717) is 6.04 Å². The maximum Gasteiger partial charge on any atom is 0.0911 e. The Bertz CT molecular complexity index is 394. The number of likely N-dealkylation sites (N-methyl/N-ethyl adjacent to an activating group) is 1. The molecule has 0 amide bonds. The van der Waals surface area contributed by atoms with Crippen LogP contribution in [0.25, 0.3) is 0 Å². The molecule has 1 fully saturated rings. The fourth-order valence-electron chi connectivity index (χ4n) is 2.63. The van der Waals surface area contributed by atoms with Gasteiger partial charge >= 0.3 is 0 Å². The first-order chi connectivity index (χ1) is 9.13. The molecule has 0 bridgehead atoms. The Morgan fingerprint density at radius 3 is 2.89 bits per heavy atom. The van der Waals surface area contributed by atoms with Crippen LogP contribution in [0.1, 0.15) is 25.6 Å². The molecular formula is C14H22BrN3O. The van der Waals surface area contributed by atoms with Crippen molar-refractivity contribution in [3.05, 3.63) is 28.5 Å². The van der Waals surface area contributed by atoms with E-state index >= 15 is 0 Å². The van der Waals surface area contributed by atoms with Crippen molar-refractivity contribution in [2.75, 3.05) is 26.7 Å². The highest BCUT2D eigenvalue weighted by atomic mass is 79.9. The maximum atomic E-state index is 5.94. The smallest absolute Gasteiger partial charge is 0.0911 e. The van der Waals surface area contributed by atoms with E-state index < -0.39 is 0 Å². The van der Waals surface area contributed by atoms with Crippen LogP contribution in [-0.4, -0.2) is 48.8 Å². The Labute approximate surface area is 123 Å². The van der Waals surface area contributed by atoms with Crippen LogP contribution in [0.2, 0.25) is 0 Å². The molecule has 1 aromatic rings. The highest BCUT2D eigenvalue weighted by Gasteiger charge is 2.35. The summed E-state index contributed by atoms with van der Waals surface area (Å²) in [6.07, 6.45) is 2.01. The highest BCUT2D eigenvalue weighted by Crippen LogP contribution is 2.30. The van der Waals surface area contributed by atoms with Gasteiger partial charge in [-0.2, -0.15) is 0 Å². The number of rotatable bonds is 4. The molecular weight excluding hydrogens is 306 g/mol. The van der Waals surface area contributed by atoms with E-state index in [1.54, 1.807) is 0 Å². The number of morpholine rings is 1. The van der Waals surface area contributed by atoms with Gasteiger partial charge < -0.3 is 10.1 Å². The Morgan fingerprint density at radius 2 is 2.32 bits per heavy atom. The van der Waals surface area contributed by atoms with Crippen LogP contribution < -0.4 is 5.32 Å². The highest BCUT2D eigenvalue weighted by molar-refractivity contribution is 9.10. The SMILES string of the molecule is CNCC1OCCN(C(C)C)C1c1ccc(Br)cn1. The van der Waals surface area contributed by atoms with Crippen molar-refractivity contribution in [3.63, 3.8) is 0 Å². The third kappa shape index (κ3) is 3.54. The molecule has 2 heterocycles. The van der Waals surface area contributed by atoms with Gasteiger partial charge in [-0.15, -0.1) is 0 Å². The lowest BCUT2D eigenvalue weighted by atomic mass is 10.0. The number of nitrogens with one attached hydrogen (secondary N) is 1. The average Bonchev–Trinajstić information content (AvgIpc) is 2.40. The molecule has 2 rings (SSSR count). The molecule has 1 N–H and O–H groups in total. The monoisotopic (exact) mass is 327 g/mol. The molecule has 0 aromatic carbocycles. The van der Waals surface area contributed by atoms with Gasteiger partial charge in [0.1, 0.15) is 0 Å². The van der Waals surface area contributed by atoms with Gasteiger partial charge in [0.2, 0.25) is 0 Å². The number of hydrogen-bond acceptors (Lipinski definition) is 4. The topological polar surface area (TPSA) is 37.4 Å². The van der Waals surface area contributed by atoms with Gasteiger partial charge in [-0.25, -0.2) is 0 Å². The van der Waals surface area contributed by atoms with Gasteiger partial charge in [-0.05, 0) is 49.0 Å². The molecule has 2 unspecified atom stereocenters. The predicted octanol–water partition coefficient (Wildman–Crippen LogP) is 2.21. The van der Waals surface area contributed by atoms with E-state index in [0.717, 1.165) is 29.9 Å². The lowest BCUT2D eigenvalue weighted by Crippen LogP contribution is -2.51. The van der Waals surface area contributed by atoms with E-state index in [1.165, 1.54) is 0 Å². The molecule has 106 valence electrons. The van der Waals surface area contributed by atoms with Crippen molar-refractivity contribution >= 4 is 15.9 Å². The van der Waals surface area contributed by atoms with E-state index in [1.807, 2.05) is 19.3 Å². The molecule has 1 aliphatic rings. The first kappa shape index (κ1) is 14.9. The minimum absolute atomic E-state index is 0.148. The van der Waals surface area contributed by atoms with Crippen molar-refractivity contribution in [3.8, 4) is 0 Å². The van der Waals surface area contributed by atoms with Crippen LogP contribution in [0.4, 0.5) is 0 Å². The summed E-state index contributed by atoms with van der Waals surface area (Å²) in [4.78, 5) is 7.04. The molecule has 2 atom stereocenters. The first-order valence-corrected chi connectivity index (χ1v) is 7.56. The fourth-order valence-corrected chi connectivity index (χ4v) is 2.86. The molecule has 0 saturated carbocycles. The maximum absolute atomic E-state index is 5.94. The minimum Gasteiger partial charge on any atom is -0.374 e. The Hall–Kier alpha value is -0.490. The summed E-state index contributed by atoms with van der Waals surface area (Å²) in [5.41, 5.74) is 1.08. The summed E-state index contributed by atoms with van der Waals surface area (Å²) in [5, 5.41) is 3.22. The van der Waals surface area contributed by atoms with Crippen molar-refractivity contribution in [2.45, 2.75) is 32.0 Å². The second-order valence-electron chi connectivity index (χ2n) is 5.14. The van der Waals surface area contributed by atoms with Gasteiger partial charge in [-0.3, -0.25) is 9.88 Å². The zero-order valence-corrected chi connectivity index (χ0v) is 13.4. The van der Waals surface area contributed by atoms with Crippen molar-refractivity contribution < 1.29 is 4.74 Å². The molecule has 0 aliphatic carbocycles. The Kier molecular flexibility index (Phi) is 5.33. The predicted molar refractivity (Wildman–Crippen MR) is 80.2 cm³/mol. The first-order valence-electron chi connectivity index (χ1n) is 6.77. The minimum atomic E-state index is 0.148. The summed E-state index contributed by atoms with van der Waals surface area (Å²) in [6.45, 7) is 7.05. The lowest BCUT2D eigenvalue weighted by Gasteiger charge is -2.43. The van der Waals surface area contributed by atoms with Crippen LogP contribution >= 0.6 is 15.9 Å². The summed E-state index contributed by atoms with van der Waals surface area (Å²) < 4.78 is 6.95. The lowest BCUT2D eigenvalue weighted by molar-refractivity contribution is -0.0828. The summed E-state index contributed by atoms with van der Waals surface area (Å²) >= 11 is 3.44. The van der Waals surface area contributed by atoms with Gasteiger partial charge in [0, 0.05) is 29.8 Å². The van der Waals surface area contributed by atoms with Crippen LogP contribution in [-0.2, 0) is 4.74 Å². The van der Waals surface area contributed by atoms with Crippen molar-refractivity contribution in [1.29, 1.82) is 0 Å². The average molecular weight is 328 g/mol. The van der Waals surface area contributed by atoms with E-state index in [4.69, 9.17) is 4.74 Å².